The number of halogens is 1. The van der Waals surface area contributed by atoms with E-state index >= 15 is 0 Å². The lowest BCUT2D eigenvalue weighted by Crippen LogP contribution is -2.42. The molecule has 0 bridgehead atoms. The Balaban J connectivity index is 1.71. The van der Waals surface area contributed by atoms with Crippen LogP contribution in [0.4, 0.5) is 10.2 Å². The zero-order valence-electron chi connectivity index (χ0n) is 16.7. The Hall–Kier alpha value is -2.75. The van der Waals surface area contributed by atoms with Gasteiger partial charge in [-0.1, -0.05) is 11.0 Å². The summed E-state index contributed by atoms with van der Waals surface area (Å²) in [5.41, 5.74) is 4.22. The number of ether oxygens (including phenoxy) is 2. The molecule has 1 aliphatic rings. The second-order valence-corrected chi connectivity index (χ2v) is 7.72. The number of fused-ring (bicyclic) bond motifs is 1. The van der Waals surface area contributed by atoms with Crippen molar-refractivity contribution in [1.29, 1.82) is 0 Å². The van der Waals surface area contributed by atoms with Gasteiger partial charge in [0.05, 0.1) is 12.9 Å². The van der Waals surface area contributed by atoms with Crippen molar-refractivity contribution < 1.29 is 32.9 Å². The molecule has 14 heteroatoms. The first-order chi connectivity index (χ1) is 14.7. The SMILES string of the molecule is C#C[C@]1(CO[P+](=O)N[C@@H](C)C(=O)OCC)O[C@@H](n2cnc3c(N)nc(F)nc32)C[C@@H]1O. The van der Waals surface area contributed by atoms with Gasteiger partial charge in [-0.3, -0.25) is 9.36 Å². The standard InChI is InChI=1S/C17H21FN6O6P/c1-4-17(7-29-31(27)23-9(3)15(26)28-5-2)10(25)6-11(30-17)24-8-20-12-13(19)21-16(18)22-14(12)24/h1,8-11,25H,5-7H2,2-3H3,(H,23,27)(H2,19,21,22)/q+1/t9-,10-,11+,17+/m0/s1. The Morgan fingerprint density at radius 1 is 1.65 bits per heavy atom. The Labute approximate surface area is 177 Å². The number of aliphatic hydroxyl groups is 1. The number of carbonyl (C=O) groups is 1. The average Bonchev–Trinajstić information content (AvgIpc) is 3.28. The summed E-state index contributed by atoms with van der Waals surface area (Å²) in [6.07, 6.45) is 3.74. The predicted molar refractivity (Wildman–Crippen MR) is 105 cm³/mol. The van der Waals surface area contributed by atoms with E-state index in [-0.39, 0.29) is 30.0 Å². The van der Waals surface area contributed by atoms with E-state index < -0.39 is 50.8 Å². The highest BCUT2D eigenvalue weighted by Gasteiger charge is 2.50. The summed E-state index contributed by atoms with van der Waals surface area (Å²) in [7, 11) is -2.53. The van der Waals surface area contributed by atoms with Gasteiger partial charge in [0.2, 0.25) is 0 Å². The van der Waals surface area contributed by atoms with Crippen LogP contribution in [0.3, 0.4) is 0 Å². The molecular formula is C17H21FN6O6P+. The lowest BCUT2D eigenvalue weighted by Gasteiger charge is -2.23. The van der Waals surface area contributed by atoms with Crippen molar-refractivity contribution in [2.75, 3.05) is 18.9 Å². The molecule has 2 aromatic heterocycles. The number of anilines is 1. The second-order valence-electron chi connectivity index (χ2n) is 6.69. The van der Waals surface area contributed by atoms with E-state index in [9.17, 15) is 18.9 Å². The van der Waals surface area contributed by atoms with Gasteiger partial charge in [-0.15, -0.1) is 10.9 Å². The van der Waals surface area contributed by atoms with Crippen LogP contribution in [-0.4, -0.2) is 61.6 Å². The van der Waals surface area contributed by atoms with Crippen LogP contribution in [0.1, 0.15) is 26.5 Å². The largest absolute Gasteiger partial charge is 0.613 e. The Bertz CT molecular complexity index is 1040. The Morgan fingerprint density at radius 2 is 2.39 bits per heavy atom. The van der Waals surface area contributed by atoms with Crippen molar-refractivity contribution in [3.8, 4) is 12.3 Å². The number of nitrogens with one attached hydrogen (secondary N) is 1. The van der Waals surface area contributed by atoms with Gasteiger partial charge in [-0.2, -0.15) is 14.4 Å². The summed E-state index contributed by atoms with van der Waals surface area (Å²) >= 11 is 0. The van der Waals surface area contributed by atoms with Gasteiger partial charge in [0.25, 0.3) is 0 Å². The maximum atomic E-state index is 13.6. The van der Waals surface area contributed by atoms with E-state index in [0.29, 0.717) is 0 Å². The van der Waals surface area contributed by atoms with Crippen LogP contribution < -0.4 is 10.8 Å². The molecule has 0 aliphatic carbocycles. The number of aromatic nitrogens is 4. The first-order valence-corrected chi connectivity index (χ1v) is 10.4. The van der Waals surface area contributed by atoms with E-state index in [4.69, 9.17) is 26.2 Å². The van der Waals surface area contributed by atoms with E-state index in [1.807, 2.05) is 0 Å². The molecule has 3 heterocycles. The molecule has 166 valence electrons. The maximum Gasteiger partial charge on any atom is 0.613 e. The van der Waals surface area contributed by atoms with Crippen LogP contribution in [-0.2, 0) is 23.4 Å². The highest BCUT2D eigenvalue weighted by atomic mass is 31.1. The van der Waals surface area contributed by atoms with E-state index in [1.54, 1.807) is 6.92 Å². The number of nitrogens with two attached hydrogens (primary N) is 1. The van der Waals surface area contributed by atoms with Crippen molar-refractivity contribution in [3.63, 3.8) is 0 Å². The fourth-order valence-corrected chi connectivity index (χ4v) is 3.82. The Kier molecular flexibility index (Phi) is 6.78. The van der Waals surface area contributed by atoms with Gasteiger partial charge in [0.15, 0.2) is 22.6 Å². The molecule has 1 fully saturated rings. The minimum absolute atomic E-state index is 0.00597. The van der Waals surface area contributed by atoms with Crippen molar-refractivity contribution in [3.05, 3.63) is 12.4 Å². The molecular weight excluding hydrogens is 434 g/mol. The van der Waals surface area contributed by atoms with Crippen LogP contribution in [0.25, 0.3) is 11.2 Å². The number of hydrogen-bond donors (Lipinski definition) is 3. The third-order valence-electron chi connectivity index (χ3n) is 4.62. The lowest BCUT2D eigenvalue weighted by atomic mass is 9.99. The summed E-state index contributed by atoms with van der Waals surface area (Å²) in [4.78, 5) is 22.7. The number of terminal acetylenes is 1. The number of imidazole rings is 1. The summed E-state index contributed by atoms with van der Waals surface area (Å²) in [6.45, 7) is 2.83. The molecule has 0 spiro atoms. The first-order valence-electron chi connectivity index (χ1n) is 9.23. The molecule has 1 unspecified atom stereocenters. The second kappa shape index (κ2) is 9.17. The van der Waals surface area contributed by atoms with Crippen LogP contribution in [0.5, 0.6) is 0 Å². The fourth-order valence-electron chi connectivity index (χ4n) is 3.01. The zero-order chi connectivity index (χ0) is 22.8. The molecule has 5 atom stereocenters. The molecule has 1 saturated heterocycles. The smallest absolute Gasteiger partial charge is 0.465 e. The van der Waals surface area contributed by atoms with E-state index in [2.05, 4.69) is 26.0 Å². The van der Waals surface area contributed by atoms with E-state index in [0.717, 1.165) is 0 Å². The molecule has 0 amide bonds. The molecule has 0 aromatic carbocycles. The average molecular weight is 455 g/mol. The number of aliphatic hydroxyl groups excluding tert-OH is 1. The Morgan fingerprint density at radius 3 is 3.06 bits per heavy atom. The topological polar surface area (TPSA) is 164 Å². The van der Waals surface area contributed by atoms with Crippen molar-refractivity contribution in [1.82, 2.24) is 24.6 Å². The van der Waals surface area contributed by atoms with Crippen molar-refractivity contribution >= 4 is 31.1 Å². The highest BCUT2D eigenvalue weighted by Crippen LogP contribution is 2.39. The summed E-state index contributed by atoms with van der Waals surface area (Å²) in [5, 5.41) is 13.0. The molecule has 0 radical (unpaired) electrons. The molecule has 31 heavy (non-hydrogen) atoms. The van der Waals surface area contributed by atoms with Gasteiger partial charge in [0.1, 0.15) is 25.0 Å². The number of nitrogens with zero attached hydrogens (tertiary/aromatic N) is 4. The monoisotopic (exact) mass is 455 g/mol. The van der Waals surface area contributed by atoms with Crippen molar-refractivity contribution in [2.24, 2.45) is 0 Å². The number of hydrogen-bond acceptors (Lipinski definition) is 10. The molecule has 12 nitrogen and oxygen atoms in total. The van der Waals surface area contributed by atoms with Gasteiger partial charge in [-0.25, -0.2) is 4.98 Å². The minimum Gasteiger partial charge on any atom is -0.465 e. The molecule has 1 aliphatic heterocycles. The van der Waals surface area contributed by atoms with Crippen LogP contribution >= 0.6 is 8.18 Å². The third kappa shape index (κ3) is 4.63. The lowest BCUT2D eigenvalue weighted by molar-refractivity contribution is -0.144. The summed E-state index contributed by atoms with van der Waals surface area (Å²) in [6, 6.07) is -0.884. The molecule has 2 aromatic rings. The summed E-state index contributed by atoms with van der Waals surface area (Å²) in [5.74, 6) is 1.58. The van der Waals surface area contributed by atoms with Gasteiger partial charge >= 0.3 is 20.2 Å². The van der Waals surface area contributed by atoms with Crippen LogP contribution in [0.2, 0.25) is 0 Å². The fraction of sp³-hybridized carbons (Fsp3) is 0.529. The van der Waals surface area contributed by atoms with Crippen LogP contribution in [0.15, 0.2) is 6.33 Å². The number of rotatable bonds is 8. The van der Waals surface area contributed by atoms with Gasteiger partial charge in [-0.05, 0) is 18.4 Å². The summed E-state index contributed by atoms with van der Waals surface area (Å²) < 4.78 is 43.0. The van der Waals surface area contributed by atoms with E-state index in [1.165, 1.54) is 17.8 Å². The zero-order valence-corrected chi connectivity index (χ0v) is 17.6. The van der Waals surface area contributed by atoms with Crippen molar-refractivity contribution in [2.45, 2.75) is 44.2 Å². The minimum atomic E-state index is -2.53. The highest BCUT2D eigenvalue weighted by molar-refractivity contribution is 7.36. The molecule has 0 saturated carbocycles. The third-order valence-corrected chi connectivity index (χ3v) is 5.58. The van der Waals surface area contributed by atoms with Gasteiger partial charge in [0, 0.05) is 6.42 Å². The maximum absolute atomic E-state index is 13.6. The number of esters is 1. The predicted octanol–water partition coefficient (Wildman–Crippen LogP) is 0.415. The molecule has 3 rings (SSSR count). The first kappa shape index (κ1) is 22.9. The quantitative estimate of drug-likeness (QED) is 0.219. The number of carbonyl (C=O) groups excluding carboxylic acids is 1. The van der Waals surface area contributed by atoms with Crippen LogP contribution in [0, 0.1) is 18.4 Å². The molecule has 4 N–H and O–H groups in total. The van der Waals surface area contributed by atoms with Gasteiger partial charge < -0.3 is 20.3 Å². The number of nitrogen functional groups attached to an aromatic ring is 1. The normalized spacial score (nSPS) is 24.7.